The van der Waals surface area contributed by atoms with E-state index in [0.717, 1.165) is 41.0 Å². The van der Waals surface area contributed by atoms with Gasteiger partial charge in [0, 0.05) is 23.7 Å². The van der Waals surface area contributed by atoms with Gasteiger partial charge in [-0.3, -0.25) is 4.79 Å². The van der Waals surface area contributed by atoms with E-state index in [2.05, 4.69) is 28.1 Å². The largest absolute Gasteiger partial charge is 0.457 e. The van der Waals surface area contributed by atoms with Crippen LogP contribution in [0.5, 0.6) is 11.5 Å². The number of thioether (sulfide) groups is 1. The van der Waals surface area contributed by atoms with Crippen LogP contribution in [-0.2, 0) is 17.9 Å². The lowest BCUT2D eigenvalue weighted by Crippen LogP contribution is -2.45. The van der Waals surface area contributed by atoms with Crippen LogP contribution in [0.3, 0.4) is 0 Å². The SMILES string of the molecule is O=C(NCc1ccc(Oc2ccccc2)cc1)[C@H](CSCC1CCCCC1)NCc1cccs1. The average molecular weight is 495 g/mol. The molecule has 1 amide bonds. The lowest BCUT2D eigenvalue weighted by Gasteiger charge is -2.23. The Morgan fingerprint density at radius 2 is 1.71 bits per heavy atom. The summed E-state index contributed by atoms with van der Waals surface area (Å²) in [4.78, 5) is 14.3. The van der Waals surface area contributed by atoms with Gasteiger partial charge in [-0.25, -0.2) is 0 Å². The Hall–Kier alpha value is -2.28. The molecule has 0 radical (unpaired) electrons. The van der Waals surface area contributed by atoms with E-state index in [9.17, 15) is 4.79 Å². The summed E-state index contributed by atoms with van der Waals surface area (Å²) in [6.45, 7) is 1.24. The summed E-state index contributed by atoms with van der Waals surface area (Å²) in [6.07, 6.45) is 6.79. The van der Waals surface area contributed by atoms with E-state index < -0.39 is 0 Å². The number of para-hydroxylation sites is 1. The van der Waals surface area contributed by atoms with E-state index >= 15 is 0 Å². The van der Waals surface area contributed by atoms with Crippen LogP contribution in [0.4, 0.5) is 0 Å². The number of ether oxygens (including phenoxy) is 1. The molecular weight excluding hydrogens is 460 g/mol. The minimum Gasteiger partial charge on any atom is -0.457 e. The Bertz CT molecular complexity index is 971. The van der Waals surface area contributed by atoms with Gasteiger partial charge >= 0.3 is 0 Å². The molecule has 2 N–H and O–H groups in total. The molecular formula is C28H34N2O2S2. The first-order valence-electron chi connectivity index (χ1n) is 12.2. The fourth-order valence-corrected chi connectivity index (χ4v) is 6.15. The minimum atomic E-state index is -0.198. The number of carbonyl (C=O) groups excluding carboxylic acids is 1. The van der Waals surface area contributed by atoms with E-state index in [4.69, 9.17) is 4.74 Å². The third-order valence-corrected chi connectivity index (χ3v) is 8.30. The molecule has 1 atom stereocenters. The predicted molar refractivity (Wildman–Crippen MR) is 144 cm³/mol. The number of benzene rings is 2. The highest BCUT2D eigenvalue weighted by Crippen LogP contribution is 2.27. The van der Waals surface area contributed by atoms with Crippen molar-refractivity contribution in [2.75, 3.05) is 11.5 Å². The van der Waals surface area contributed by atoms with Crippen molar-refractivity contribution in [3.63, 3.8) is 0 Å². The average Bonchev–Trinajstić information content (AvgIpc) is 3.40. The normalized spacial score (nSPS) is 15.1. The van der Waals surface area contributed by atoms with Crippen molar-refractivity contribution in [1.29, 1.82) is 0 Å². The molecule has 1 fully saturated rings. The van der Waals surface area contributed by atoms with Gasteiger partial charge in [-0.2, -0.15) is 11.8 Å². The molecule has 6 heteroatoms. The maximum Gasteiger partial charge on any atom is 0.238 e. The van der Waals surface area contributed by atoms with Gasteiger partial charge < -0.3 is 15.4 Å². The number of hydrogen-bond donors (Lipinski definition) is 2. The summed E-state index contributed by atoms with van der Waals surface area (Å²) in [5, 5.41) is 8.70. The molecule has 0 saturated heterocycles. The molecule has 1 aliphatic carbocycles. The molecule has 0 bridgehead atoms. The van der Waals surface area contributed by atoms with Crippen molar-refractivity contribution in [1.82, 2.24) is 10.6 Å². The maximum atomic E-state index is 13.1. The number of rotatable bonds is 12. The zero-order valence-corrected chi connectivity index (χ0v) is 21.2. The van der Waals surface area contributed by atoms with Crippen molar-refractivity contribution in [3.05, 3.63) is 82.6 Å². The molecule has 0 aliphatic heterocycles. The number of amides is 1. The van der Waals surface area contributed by atoms with Crippen molar-refractivity contribution >= 4 is 29.0 Å². The van der Waals surface area contributed by atoms with Gasteiger partial charge in [0.2, 0.25) is 5.91 Å². The van der Waals surface area contributed by atoms with Crippen LogP contribution < -0.4 is 15.4 Å². The smallest absolute Gasteiger partial charge is 0.238 e. The second kappa shape index (κ2) is 13.6. The number of thiophene rings is 1. The van der Waals surface area contributed by atoms with Gasteiger partial charge in [-0.05, 0) is 65.8 Å². The Morgan fingerprint density at radius 1 is 0.941 bits per heavy atom. The van der Waals surface area contributed by atoms with Crippen LogP contribution in [-0.4, -0.2) is 23.5 Å². The number of hydrogen-bond acceptors (Lipinski definition) is 5. The van der Waals surface area contributed by atoms with Gasteiger partial charge in [0.15, 0.2) is 0 Å². The molecule has 1 aliphatic rings. The lowest BCUT2D eigenvalue weighted by atomic mass is 9.91. The molecule has 1 saturated carbocycles. The van der Waals surface area contributed by atoms with Gasteiger partial charge in [0.25, 0.3) is 0 Å². The number of nitrogens with one attached hydrogen (secondary N) is 2. The Kier molecular flexibility index (Phi) is 9.91. The highest BCUT2D eigenvalue weighted by Gasteiger charge is 2.20. The summed E-state index contributed by atoms with van der Waals surface area (Å²) in [5.41, 5.74) is 1.06. The summed E-state index contributed by atoms with van der Waals surface area (Å²) in [5.74, 6) is 4.45. The topological polar surface area (TPSA) is 50.4 Å². The molecule has 34 heavy (non-hydrogen) atoms. The summed E-state index contributed by atoms with van der Waals surface area (Å²) >= 11 is 3.64. The first kappa shape index (κ1) is 24.8. The second-order valence-corrected chi connectivity index (χ2v) is 10.9. The zero-order chi connectivity index (χ0) is 23.4. The Balaban J connectivity index is 1.26. The molecule has 0 spiro atoms. The lowest BCUT2D eigenvalue weighted by molar-refractivity contribution is -0.122. The highest BCUT2D eigenvalue weighted by molar-refractivity contribution is 7.99. The fourth-order valence-electron chi connectivity index (χ4n) is 4.18. The second-order valence-electron chi connectivity index (χ2n) is 8.83. The molecule has 2 aromatic carbocycles. The van der Waals surface area contributed by atoms with E-state index in [1.54, 1.807) is 11.3 Å². The van der Waals surface area contributed by atoms with E-state index in [1.807, 2.05) is 66.4 Å². The molecule has 4 nitrogen and oxygen atoms in total. The summed E-state index contributed by atoms with van der Waals surface area (Å²) in [7, 11) is 0. The van der Waals surface area contributed by atoms with Crippen LogP contribution in [0.1, 0.15) is 42.5 Å². The van der Waals surface area contributed by atoms with Crippen molar-refractivity contribution in [3.8, 4) is 11.5 Å². The summed E-state index contributed by atoms with van der Waals surface area (Å²) in [6, 6.07) is 21.6. The van der Waals surface area contributed by atoms with Gasteiger partial charge in [0.1, 0.15) is 11.5 Å². The van der Waals surface area contributed by atoms with Crippen LogP contribution >= 0.6 is 23.1 Å². The standard InChI is InChI=1S/C28H34N2O2S2/c31-28(30-18-22-13-15-25(16-14-22)32-24-10-5-2-6-11-24)27(29-19-26-12-7-17-34-26)21-33-20-23-8-3-1-4-9-23/h2,5-7,10-17,23,27,29H,1,3-4,8-9,18-21H2,(H,30,31)/t27-/m0/s1. The minimum absolute atomic E-state index is 0.0670. The van der Waals surface area contributed by atoms with E-state index in [-0.39, 0.29) is 11.9 Å². The van der Waals surface area contributed by atoms with Crippen molar-refractivity contribution in [2.45, 2.75) is 51.2 Å². The highest BCUT2D eigenvalue weighted by atomic mass is 32.2. The zero-order valence-electron chi connectivity index (χ0n) is 19.6. The van der Waals surface area contributed by atoms with Crippen LogP contribution in [0.15, 0.2) is 72.1 Å². The van der Waals surface area contributed by atoms with Gasteiger partial charge in [0.05, 0.1) is 6.04 Å². The van der Waals surface area contributed by atoms with Crippen LogP contribution in [0.25, 0.3) is 0 Å². The van der Waals surface area contributed by atoms with E-state index in [0.29, 0.717) is 6.54 Å². The Labute approximate surface area is 211 Å². The van der Waals surface area contributed by atoms with Crippen molar-refractivity contribution in [2.24, 2.45) is 5.92 Å². The molecule has 0 unspecified atom stereocenters. The fraction of sp³-hybridized carbons (Fsp3) is 0.393. The van der Waals surface area contributed by atoms with Gasteiger partial charge in [-0.15, -0.1) is 11.3 Å². The molecule has 3 aromatic rings. The molecule has 4 rings (SSSR count). The first-order chi connectivity index (χ1) is 16.8. The monoisotopic (exact) mass is 494 g/mol. The van der Waals surface area contributed by atoms with Crippen LogP contribution in [0.2, 0.25) is 0 Å². The predicted octanol–water partition coefficient (Wildman–Crippen LogP) is 6.63. The van der Waals surface area contributed by atoms with E-state index in [1.165, 1.54) is 37.0 Å². The van der Waals surface area contributed by atoms with Crippen molar-refractivity contribution < 1.29 is 9.53 Å². The number of carbonyl (C=O) groups is 1. The quantitative estimate of drug-likeness (QED) is 0.297. The Morgan fingerprint density at radius 3 is 2.44 bits per heavy atom. The van der Waals surface area contributed by atoms with Gasteiger partial charge in [-0.1, -0.05) is 55.7 Å². The molecule has 1 aromatic heterocycles. The molecule has 1 heterocycles. The molecule has 180 valence electrons. The first-order valence-corrected chi connectivity index (χ1v) is 14.2. The summed E-state index contributed by atoms with van der Waals surface area (Å²) < 4.78 is 5.86. The third kappa shape index (κ3) is 8.19. The van der Waals surface area contributed by atoms with Crippen LogP contribution in [0, 0.1) is 5.92 Å². The maximum absolute atomic E-state index is 13.1. The third-order valence-electron chi connectivity index (χ3n) is 6.15.